The van der Waals surface area contributed by atoms with E-state index < -0.39 is 29.4 Å². The summed E-state index contributed by atoms with van der Waals surface area (Å²) in [6, 6.07) is 0.410. The molecule has 1 heterocycles. The summed E-state index contributed by atoms with van der Waals surface area (Å²) >= 11 is 0. The van der Waals surface area contributed by atoms with Gasteiger partial charge in [-0.25, -0.2) is 13.2 Å². The van der Waals surface area contributed by atoms with Crippen molar-refractivity contribution >= 4 is 11.8 Å². The van der Waals surface area contributed by atoms with Gasteiger partial charge in [0.25, 0.3) is 0 Å². The Morgan fingerprint density at radius 1 is 1.21 bits per heavy atom. The predicted octanol–water partition coefficient (Wildman–Crippen LogP) is 0.951. The molecular weight excluding hydrogens is 261 g/mol. The summed E-state index contributed by atoms with van der Waals surface area (Å²) < 4.78 is 39.0. The SMILES string of the molecule is CN1C(=O)CC(NCc2cc(F)c(F)cc2F)C1=O. The summed E-state index contributed by atoms with van der Waals surface area (Å²) in [6.07, 6.45) is -0.0272. The second-order valence-electron chi connectivity index (χ2n) is 4.29. The highest BCUT2D eigenvalue weighted by Crippen LogP contribution is 2.15. The number of halogens is 3. The molecule has 2 rings (SSSR count). The van der Waals surface area contributed by atoms with Crippen molar-refractivity contribution in [2.24, 2.45) is 0 Å². The lowest BCUT2D eigenvalue weighted by atomic mass is 10.1. The third kappa shape index (κ3) is 2.60. The number of likely N-dealkylation sites (N-methyl/N-ethyl adjacent to an activating group) is 1. The molecule has 1 atom stereocenters. The zero-order valence-corrected chi connectivity index (χ0v) is 10.0. The molecule has 102 valence electrons. The molecule has 1 aromatic rings. The molecule has 0 saturated carbocycles. The van der Waals surface area contributed by atoms with Gasteiger partial charge in [-0.1, -0.05) is 0 Å². The van der Waals surface area contributed by atoms with Gasteiger partial charge in [0.2, 0.25) is 11.8 Å². The van der Waals surface area contributed by atoms with Crippen LogP contribution in [0.25, 0.3) is 0 Å². The van der Waals surface area contributed by atoms with E-state index in [-0.39, 0.29) is 24.4 Å². The van der Waals surface area contributed by atoms with E-state index in [9.17, 15) is 22.8 Å². The lowest BCUT2D eigenvalue weighted by Gasteiger charge is -2.11. The standard InChI is InChI=1S/C12H11F3N2O2/c1-17-11(18)4-10(12(17)19)16-5-6-2-8(14)9(15)3-7(6)13/h2-3,10,16H,4-5H2,1H3. The summed E-state index contributed by atoms with van der Waals surface area (Å²) in [4.78, 5) is 23.8. The Bertz CT molecular complexity index is 548. The maximum atomic E-state index is 13.3. The van der Waals surface area contributed by atoms with E-state index in [1.54, 1.807) is 0 Å². The Hall–Kier alpha value is -1.89. The monoisotopic (exact) mass is 272 g/mol. The number of nitrogens with one attached hydrogen (secondary N) is 1. The molecule has 4 nitrogen and oxygen atoms in total. The van der Waals surface area contributed by atoms with Gasteiger partial charge in [-0.3, -0.25) is 14.5 Å². The molecule has 0 aromatic heterocycles. The fourth-order valence-corrected chi connectivity index (χ4v) is 1.85. The second-order valence-corrected chi connectivity index (χ2v) is 4.29. The zero-order valence-electron chi connectivity index (χ0n) is 10.0. The van der Waals surface area contributed by atoms with Gasteiger partial charge in [0.1, 0.15) is 5.82 Å². The molecular formula is C12H11F3N2O2. The number of likely N-dealkylation sites (tertiary alicyclic amines) is 1. The van der Waals surface area contributed by atoms with Crippen LogP contribution in [0.4, 0.5) is 13.2 Å². The van der Waals surface area contributed by atoms with Crippen LogP contribution in [0.2, 0.25) is 0 Å². The topological polar surface area (TPSA) is 49.4 Å². The first-order chi connectivity index (χ1) is 8.90. The van der Waals surface area contributed by atoms with Gasteiger partial charge in [0.15, 0.2) is 11.6 Å². The Labute approximate surface area is 107 Å². The van der Waals surface area contributed by atoms with Crippen LogP contribution in [0.1, 0.15) is 12.0 Å². The van der Waals surface area contributed by atoms with Crippen molar-refractivity contribution in [3.05, 3.63) is 35.1 Å². The van der Waals surface area contributed by atoms with E-state index in [1.807, 2.05) is 0 Å². The molecule has 7 heteroatoms. The van der Waals surface area contributed by atoms with Crippen molar-refractivity contribution in [1.82, 2.24) is 10.2 Å². The number of hydrogen-bond acceptors (Lipinski definition) is 3. The molecule has 1 fully saturated rings. The molecule has 2 amide bonds. The Morgan fingerprint density at radius 2 is 1.84 bits per heavy atom. The van der Waals surface area contributed by atoms with Crippen LogP contribution in [0.15, 0.2) is 12.1 Å². The molecule has 1 unspecified atom stereocenters. The predicted molar refractivity (Wildman–Crippen MR) is 59.3 cm³/mol. The number of amides is 2. The van der Waals surface area contributed by atoms with Gasteiger partial charge in [0, 0.05) is 25.2 Å². The maximum Gasteiger partial charge on any atom is 0.246 e. The number of imide groups is 1. The average Bonchev–Trinajstić information content (AvgIpc) is 2.60. The van der Waals surface area contributed by atoms with Gasteiger partial charge in [-0.05, 0) is 6.07 Å². The molecule has 19 heavy (non-hydrogen) atoms. The highest BCUT2D eigenvalue weighted by atomic mass is 19.2. The fourth-order valence-electron chi connectivity index (χ4n) is 1.85. The third-order valence-corrected chi connectivity index (χ3v) is 3.01. The van der Waals surface area contributed by atoms with Gasteiger partial charge in [-0.2, -0.15) is 0 Å². The summed E-state index contributed by atoms with van der Waals surface area (Å²) in [6.45, 7) is -0.166. The van der Waals surface area contributed by atoms with Crippen LogP contribution in [0.5, 0.6) is 0 Å². The summed E-state index contributed by atoms with van der Waals surface area (Å²) in [5, 5.41) is 2.65. The lowest BCUT2D eigenvalue weighted by molar-refractivity contribution is -0.137. The van der Waals surface area contributed by atoms with Crippen molar-refractivity contribution in [3.8, 4) is 0 Å². The first-order valence-corrected chi connectivity index (χ1v) is 5.57. The molecule has 0 spiro atoms. The van der Waals surface area contributed by atoms with Crippen molar-refractivity contribution in [2.45, 2.75) is 19.0 Å². The highest BCUT2D eigenvalue weighted by Gasteiger charge is 2.35. The second kappa shape index (κ2) is 5.00. The largest absolute Gasteiger partial charge is 0.301 e. The molecule has 0 radical (unpaired) electrons. The maximum absolute atomic E-state index is 13.3. The van der Waals surface area contributed by atoms with Gasteiger partial charge in [-0.15, -0.1) is 0 Å². The molecule has 0 aliphatic carbocycles. The van der Waals surface area contributed by atoms with Crippen LogP contribution in [0, 0.1) is 17.5 Å². The van der Waals surface area contributed by atoms with Crippen molar-refractivity contribution in [3.63, 3.8) is 0 Å². The number of carbonyl (C=O) groups is 2. The van der Waals surface area contributed by atoms with Gasteiger partial charge < -0.3 is 5.32 Å². The Morgan fingerprint density at radius 3 is 2.42 bits per heavy atom. The normalized spacial score (nSPS) is 19.4. The molecule has 0 bridgehead atoms. The molecule has 1 aromatic carbocycles. The summed E-state index contributed by atoms with van der Waals surface area (Å²) in [5.41, 5.74) is -0.103. The number of carbonyl (C=O) groups excluding carboxylic acids is 2. The van der Waals surface area contributed by atoms with E-state index in [0.717, 1.165) is 11.0 Å². The smallest absolute Gasteiger partial charge is 0.246 e. The van der Waals surface area contributed by atoms with E-state index in [1.165, 1.54) is 7.05 Å². The Kier molecular flexibility index (Phi) is 3.57. The summed E-state index contributed by atoms with van der Waals surface area (Å²) in [5.74, 6) is -4.10. The minimum Gasteiger partial charge on any atom is -0.301 e. The summed E-state index contributed by atoms with van der Waals surface area (Å²) in [7, 11) is 1.35. The van der Waals surface area contributed by atoms with E-state index >= 15 is 0 Å². The number of nitrogens with zero attached hydrogens (tertiary/aromatic N) is 1. The average molecular weight is 272 g/mol. The van der Waals surface area contributed by atoms with Gasteiger partial charge >= 0.3 is 0 Å². The minimum absolute atomic E-state index is 0.0272. The third-order valence-electron chi connectivity index (χ3n) is 3.01. The van der Waals surface area contributed by atoms with Crippen LogP contribution in [0.3, 0.4) is 0 Å². The van der Waals surface area contributed by atoms with Crippen molar-refractivity contribution < 1.29 is 22.8 Å². The van der Waals surface area contributed by atoms with Crippen LogP contribution in [-0.4, -0.2) is 29.8 Å². The van der Waals surface area contributed by atoms with E-state index in [0.29, 0.717) is 6.07 Å². The fraction of sp³-hybridized carbons (Fsp3) is 0.333. The van der Waals surface area contributed by atoms with Crippen LogP contribution in [-0.2, 0) is 16.1 Å². The van der Waals surface area contributed by atoms with Gasteiger partial charge in [0.05, 0.1) is 12.5 Å². The molecule has 1 aliphatic heterocycles. The quantitative estimate of drug-likeness (QED) is 0.658. The molecule has 1 saturated heterocycles. The first kappa shape index (κ1) is 13.5. The van der Waals surface area contributed by atoms with Crippen LogP contribution < -0.4 is 5.32 Å². The molecule has 1 aliphatic rings. The molecule has 1 N–H and O–H groups in total. The number of rotatable bonds is 3. The van der Waals surface area contributed by atoms with Crippen molar-refractivity contribution in [2.75, 3.05) is 7.05 Å². The Balaban J connectivity index is 2.06. The van der Waals surface area contributed by atoms with E-state index in [4.69, 9.17) is 0 Å². The minimum atomic E-state index is -1.27. The van der Waals surface area contributed by atoms with E-state index in [2.05, 4.69) is 5.32 Å². The van der Waals surface area contributed by atoms with Crippen molar-refractivity contribution in [1.29, 1.82) is 0 Å². The highest BCUT2D eigenvalue weighted by molar-refractivity contribution is 6.05. The lowest BCUT2D eigenvalue weighted by Crippen LogP contribution is -2.36. The first-order valence-electron chi connectivity index (χ1n) is 5.57. The number of hydrogen-bond donors (Lipinski definition) is 1. The zero-order chi connectivity index (χ0) is 14.2. The van der Waals surface area contributed by atoms with Crippen LogP contribution >= 0.6 is 0 Å². The number of benzene rings is 1.